The first kappa shape index (κ1) is 17.7. The first-order valence-electron chi connectivity index (χ1n) is 7.81. The SMILES string of the molecule is COC(=O)[C@@H]1C[C@H](O)CN1Cn1nc(-c2ccccc2F)n(C)c1=S. The van der Waals surface area contributed by atoms with Gasteiger partial charge in [-0.25, -0.2) is 9.07 Å². The van der Waals surface area contributed by atoms with Crippen molar-refractivity contribution >= 4 is 18.2 Å². The van der Waals surface area contributed by atoms with Gasteiger partial charge in [0.1, 0.15) is 11.9 Å². The number of ether oxygens (including phenoxy) is 1. The van der Waals surface area contributed by atoms with Gasteiger partial charge in [-0.05, 0) is 24.4 Å². The van der Waals surface area contributed by atoms with Crippen LogP contribution in [-0.4, -0.2) is 56.1 Å². The topological polar surface area (TPSA) is 72.5 Å². The average molecular weight is 366 g/mol. The maximum Gasteiger partial charge on any atom is 0.323 e. The van der Waals surface area contributed by atoms with Crippen LogP contribution in [0.2, 0.25) is 0 Å². The number of nitrogens with zero attached hydrogens (tertiary/aromatic N) is 4. The fourth-order valence-corrected chi connectivity index (χ4v) is 3.23. The molecule has 2 atom stereocenters. The monoisotopic (exact) mass is 366 g/mol. The van der Waals surface area contributed by atoms with Gasteiger partial charge in [-0.1, -0.05) is 12.1 Å². The van der Waals surface area contributed by atoms with Crippen molar-refractivity contribution in [1.29, 1.82) is 0 Å². The number of benzene rings is 1. The van der Waals surface area contributed by atoms with Gasteiger partial charge >= 0.3 is 5.97 Å². The summed E-state index contributed by atoms with van der Waals surface area (Å²) < 4.78 is 22.4. The van der Waals surface area contributed by atoms with E-state index in [0.717, 1.165) is 0 Å². The van der Waals surface area contributed by atoms with Gasteiger partial charge in [0.15, 0.2) is 10.6 Å². The lowest BCUT2D eigenvalue weighted by atomic mass is 10.2. The number of aliphatic hydroxyl groups is 1. The second kappa shape index (κ2) is 7.03. The normalized spacial score (nSPS) is 20.8. The molecule has 9 heteroatoms. The number of hydrogen-bond donors (Lipinski definition) is 1. The second-order valence-corrected chi connectivity index (χ2v) is 6.35. The molecular formula is C16H19FN4O3S. The van der Waals surface area contributed by atoms with Crippen LogP contribution in [0.25, 0.3) is 11.4 Å². The Morgan fingerprint density at radius 1 is 1.48 bits per heavy atom. The van der Waals surface area contributed by atoms with E-state index < -0.39 is 18.1 Å². The van der Waals surface area contributed by atoms with Gasteiger partial charge in [0, 0.05) is 20.0 Å². The molecule has 0 bridgehead atoms. The number of aromatic nitrogens is 3. The molecule has 1 aromatic heterocycles. The predicted molar refractivity (Wildman–Crippen MR) is 90.6 cm³/mol. The number of carbonyl (C=O) groups is 1. The molecule has 1 saturated heterocycles. The molecule has 1 aromatic carbocycles. The van der Waals surface area contributed by atoms with Gasteiger partial charge in [-0.3, -0.25) is 9.69 Å². The zero-order valence-electron chi connectivity index (χ0n) is 13.9. The Labute approximate surface area is 149 Å². The summed E-state index contributed by atoms with van der Waals surface area (Å²) in [5.41, 5.74) is 0.348. The van der Waals surface area contributed by atoms with Crippen LogP contribution >= 0.6 is 12.2 Å². The molecule has 1 aliphatic heterocycles. The zero-order valence-corrected chi connectivity index (χ0v) is 14.7. The molecule has 1 fully saturated rings. The van der Waals surface area contributed by atoms with Crippen molar-refractivity contribution in [2.24, 2.45) is 7.05 Å². The Morgan fingerprint density at radius 2 is 2.20 bits per heavy atom. The molecule has 0 unspecified atom stereocenters. The molecule has 0 spiro atoms. The molecule has 0 aliphatic carbocycles. The Kier molecular flexibility index (Phi) is 4.98. The molecule has 1 N–H and O–H groups in total. The van der Waals surface area contributed by atoms with Crippen molar-refractivity contribution in [2.75, 3.05) is 13.7 Å². The lowest BCUT2D eigenvalue weighted by molar-refractivity contribution is -0.146. The van der Waals surface area contributed by atoms with Crippen LogP contribution in [0.1, 0.15) is 6.42 Å². The number of methoxy groups -OCH3 is 1. The van der Waals surface area contributed by atoms with E-state index in [9.17, 15) is 14.3 Å². The van der Waals surface area contributed by atoms with E-state index in [4.69, 9.17) is 17.0 Å². The maximum atomic E-state index is 14.1. The Morgan fingerprint density at radius 3 is 2.88 bits per heavy atom. The van der Waals surface area contributed by atoms with Crippen LogP contribution in [0.3, 0.4) is 0 Å². The molecule has 0 saturated carbocycles. The minimum Gasteiger partial charge on any atom is -0.468 e. The molecule has 25 heavy (non-hydrogen) atoms. The summed E-state index contributed by atoms with van der Waals surface area (Å²) in [4.78, 5) is 13.7. The molecule has 7 nitrogen and oxygen atoms in total. The van der Waals surface area contributed by atoms with E-state index in [1.807, 2.05) is 0 Å². The molecule has 1 aliphatic rings. The number of β-amino-alcohol motifs (C(OH)–C–C–N with tert-alkyl or cyclic N) is 1. The first-order valence-corrected chi connectivity index (χ1v) is 8.22. The van der Waals surface area contributed by atoms with Crippen LogP contribution in [-0.2, 0) is 23.2 Å². The Balaban J connectivity index is 1.92. The largest absolute Gasteiger partial charge is 0.468 e. The lowest BCUT2D eigenvalue weighted by Crippen LogP contribution is -2.38. The van der Waals surface area contributed by atoms with E-state index in [1.54, 1.807) is 34.7 Å². The molecule has 0 radical (unpaired) electrons. The van der Waals surface area contributed by atoms with Crippen molar-refractivity contribution in [3.05, 3.63) is 34.9 Å². The van der Waals surface area contributed by atoms with Crippen molar-refractivity contribution in [1.82, 2.24) is 19.2 Å². The third-order valence-corrected chi connectivity index (χ3v) is 4.81. The number of rotatable bonds is 4. The Hall–Kier alpha value is -2.10. The van der Waals surface area contributed by atoms with Crippen molar-refractivity contribution in [3.8, 4) is 11.4 Å². The van der Waals surface area contributed by atoms with E-state index in [0.29, 0.717) is 29.1 Å². The van der Waals surface area contributed by atoms with Gasteiger partial charge in [-0.15, -0.1) is 0 Å². The van der Waals surface area contributed by atoms with Gasteiger partial charge in [0.2, 0.25) is 0 Å². The molecule has 2 aromatic rings. The van der Waals surface area contributed by atoms with E-state index in [2.05, 4.69) is 5.10 Å². The number of carbonyl (C=O) groups excluding carboxylic acids is 1. The van der Waals surface area contributed by atoms with Crippen LogP contribution in [0.15, 0.2) is 24.3 Å². The van der Waals surface area contributed by atoms with Crippen LogP contribution in [0.4, 0.5) is 4.39 Å². The summed E-state index contributed by atoms with van der Waals surface area (Å²) in [6, 6.07) is 5.78. The first-order chi connectivity index (χ1) is 11.9. The van der Waals surface area contributed by atoms with Gasteiger partial charge in [0.05, 0.1) is 25.4 Å². The van der Waals surface area contributed by atoms with Gasteiger partial charge in [0.25, 0.3) is 0 Å². The minimum atomic E-state index is -0.618. The summed E-state index contributed by atoms with van der Waals surface area (Å²) in [5.74, 6) is -0.396. The van der Waals surface area contributed by atoms with Crippen LogP contribution in [0, 0.1) is 10.6 Å². The maximum absolute atomic E-state index is 14.1. The van der Waals surface area contributed by atoms with E-state index >= 15 is 0 Å². The highest BCUT2D eigenvalue weighted by Gasteiger charge is 2.37. The highest BCUT2D eigenvalue weighted by molar-refractivity contribution is 7.71. The Bertz CT molecular complexity index is 850. The quantitative estimate of drug-likeness (QED) is 0.650. The minimum absolute atomic E-state index is 0.206. The molecule has 2 heterocycles. The summed E-state index contributed by atoms with van der Waals surface area (Å²) >= 11 is 5.39. The van der Waals surface area contributed by atoms with E-state index in [-0.39, 0.29) is 12.5 Å². The van der Waals surface area contributed by atoms with Gasteiger partial charge < -0.3 is 14.4 Å². The van der Waals surface area contributed by atoms with E-state index in [1.165, 1.54) is 17.9 Å². The van der Waals surface area contributed by atoms with Crippen LogP contribution in [0.5, 0.6) is 0 Å². The number of halogens is 1. The summed E-state index contributed by atoms with van der Waals surface area (Å²) in [6.45, 7) is 0.519. The summed E-state index contributed by atoms with van der Waals surface area (Å²) in [7, 11) is 3.03. The molecule has 0 amide bonds. The number of hydrogen-bond acceptors (Lipinski definition) is 6. The third kappa shape index (κ3) is 3.35. The molecule has 3 rings (SSSR count). The number of likely N-dealkylation sites (tertiary alicyclic amines) is 1. The second-order valence-electron chi connectivity index (χ2n) is 5.99. The van der Waals surface area contributed by atoms with Crippen molar-refractivity contribution in [3.63, 3.8) is 0 Å². The summed E-state index contributed by atoms with van der Waals surface area (Å²) in [5, 5.41) is 14.3. The number of aliphatic hydroxyl groups excluding tert-OH is 1. The van der Waals surface area contributed by atoms with Crippen molar-refractivity contribution in [2.45, 2.75) is 25.2 Å². The van der Waals surface area contributed by atoms with Gasteiger partial charge in [-0.2, -0.15) is 5.10 Å². The standard InChI is InChI=1S/C16H19FN4O3S/c1-19-14(11-5-3-4-6-12(11)17)18-21(16(19)25)9-20-8-10(22)7-13(20)15(23)24-2/h3-6,10,13,22H,7-9H2,1-2H3/t10-,13-/m0/s1. The summed E-state index contributed by atoms with van der Waals surface area (Å²) in [6.07, 6.45) is -0.319. The highest BCUT2D eigenvalue weighted by atomic mass is 32.1. The lowest BCUT2D eigenvalue weighted by Gasteiger charge is -2.21. The highest BCUT2D eigenvalue weighted by Crippen LogP contribution is 2.23. The number of esters is 1. The molecule has 134 valence electrons. The fourth-order valence-electron chi connectivity index (χ4n) is 3.05. The molecular weight excluding hydrogens is 347 g/mol. The predicted octanol–water partition coefficient (Wildman–Crippen LogP) is 1.32. The van der Waals surface area contributed by atoms with Crippen molar-refractivity contribution < 1.29 is 19.0 Å². The fraction of sp³-hybridized carbons (Fsp3) is 0.438. The average Bonchev–Trinajstić information content (AvgIpc) is 3.09. The van der Waals surface area contributed by atoms with Crippen LogP contribution < -0.4 is 0 Å². The smallest absolute Gasteiger partial charge is 0.323 e. The third-order valence-electron chi connectivity index (χ3n) is 4.33. The zero-order chi connectivity index (χ0) is 18.1.